The fraction of sp³-hybridized carbons (Fsp3) is 0.176. The average Bonchev–Trinajstić information content (AvgIpc) is 2.55. The van der Waals surface area contributed by atoms with Crippen molar-refractivity contribution in [3.63, 3.8) is 0 Å². The van der Waals surface area contributed by atoms with Crippen molar-refractivity contribution < 1.29 is 9.18 Å². The van der Waals surface area contributed by atoms with Gasteiger partial charge in [0.1, 0.15) is 5.82 Å². The smallest absolute Gasteiger partial charge is 0.250 e. The molecule has 0 aliphatic carbocycles. The summed E-state index contributed by atoms with van der Waals surface area (Å²) in [5.41, 5.74) is 4.88. The summed E-state index contributed by atoms with van der Waals surface area (Å²) in [5, 5.41) is 4.72. The molecule has 0 heterocycles. The van der Waals surface area contributed by atoms with Gasteiger partial charge in [0, 0.05) is 10.8 Å². The largest absolute Gasteiger partial charge is 0.272 e. The molecule has 0 aliphatic rings. The predicted octanol–water partition coefficient (Wildman–Crippen LogP) is 4.25. The summed E-state index contributed by atoms with van der Waals surface area (Å²) in [7, 11) is 0. The maximum Gasteiger partial charge on any atom is 0.250 e. The van der Waals surface area contributed by atoms with E-state index in [0.29, 0.717) is 16.5 Å². The first-order valence-corrected chi connectivity index (χ1v) is 8.50. The standard InChI is InChI=1S/C17H16ClFN2OS/c1-12(13-6-8-15(19)9-7-13)20-21-17(22)11-23-10-14-4-2-3-5-16(14)18/h2-9H,10-11H2,1H3,(H,21,22)/b20-12+. The molecule has 23 heavy (non-hydrogen) atoms. The van der Waals surface area contributed by atoms with Crippen molar-refractivity contribution in [2.45, 2.75) is 12.7 Å². The third-order valence-corrected chi connectivity index (χ3v) is 4.41. The monoisotopic (exact) mass is 350 g/mol. The second-order valence-electron chi connectivity index (χ2n) is 4.82. The quantitative estimate of drug-likeness (QED) is 0.625. The zero-order valence-corrected chi connectivity index (χ0v) is 14.1. The van der Waals surface area contributed by atoms with Crippen LogP contribution in [0.15, 0.2) is 53.6 Å². The second-order valence-corrected chi connectivity index (χ2v) is 6.22. The van der Waals surface area contributed by atoms with Crippen LogP contribution in [-0.2, 0) is 10.5 Å². The summed E-state index contributed by atoms with van der Waals surface area (Å²) in [6.07, 6.45) is 0. The highest BCUT2D eigenvalue weighted by Crippen LogP contribution is 2.20. The number of nitrogens with zero attached hydrogens (tertiary/aromatic N) is 1. The van der Waals surface area contributed by atoms with Gasteiger partial charge in [-0.3, -0.25) is 4.79 Å². The van der Waals surface area contributed by atoms with Gasteiger partial charge in [0.2, 0.25) is 5.91 Å². The normalized spacial score (nSPS) is 11.3. The number of hydrogen-bond acceptors (Lipinski definition) is 3. The van der Waals surface area contributed by atoms with E-state index in [1.165, 1.54) is 23.9 Å². The molecule has 0 aromatic heterocycles. The second kappa shape index (κ2) is 8.70. The summed E-state index contributed by atoms with van der Waals surface area (Å²) in [4.78, 5) is 11.8. The van der Waals surface area contributed by atoms with Crippen molar-refractivity contribution in [3.8, 4) is 0 Å². The highest BCUT2D eigenvalue weighted by molar-refractivity contribution is 7.99. The van der Waals surface area contributed by atoms with Crippen molar-refractivity contribution in [2.75, 3.05) is 5.75 Å². The number of thioether (sulfide) groups is 1. The van der Waals surface area contributed by atoms with Gasteiger partial charge in [0.25, 0.3) is 0 Å². The van der Waals surface area contributed by atoms with E-state index in [0.717, 1.165) is 11.1 Å². The molecule has 2 aromatic carbocycles. The highest BCUT2D eigenvalue weighted by Gasteiger charge is 2.04. The zero-order chi connectivity index (χ0) is 16.7. The Morgan fingerprint density at radius 3 is 2.61 bits per heavy atom. The molecule has 0 atom stereocenters. The Morgan fingerprint density at radius 2 is 1.91 bits per heavy atom. The van der Waals surface area contributed by atoms with Gasteiger partial charge in [-0.05, 0) is 36.2 Å². The summed E-state index contributed by atoms with van der Waals surface area (Å²) in [6, 6.07) is 13.5. The van der Waals surface area contributed by atoms with E-state index in [4.69, 9.17) is 11.6 Å². The molecular weight excluding hydrogens is 335 g/mol. The lowest BCUT2D eigenvalue weighted by Crippen LogP contribution is -2.21. The fourth-order valence-electron chi connectivity index (χ4n) is 1.80. The molecule has 1 N–H and O–H groups in total. The highest BCUT2D eigenvalue weighted by atomic mass is 35.5. The third-order valence-electron chi connectivity index (χ3n) is 3.06. The number of carbonyl (C=O) groups excluding carboxylic acids is 1. The zero-order valence-electron chi connectivity index (χ0n) is 12.6. The number of hydrogen-bond donors (Lipinski definition) is 1. The van der Waals surface area contributed by atoms with Gasteiger partial charge in [0.15, 0.2) is 0 Å². The van der Waals surface area contributed by atoms with Gasteiger partial charge in [-0.15, -0.1) is 11.8 Å². The van der Waals surface area contributed by atoms with E-state index in [1.54, 1.807) is 19.1 Å². The number of benzene rings is 2. The van der Waals surface area contributed by atoms with E-state index in [9.17, 15) is 9.18 Å². The summed E-state index contributed by atoms with van der Waals surface area (Å²) < 4.78 is 12.9. The summed E-state index contributed by atoms with van der Waals surface area (Å²) in [5.74, 6) is 0.448. The van der Waals surface area contributed by atoms with Crippen molar-refractivity contribution in [1.82, 2.24) is 5.43 Å². The van der Waals surface area contributed by atoms with Crippen molar-refractivity contribution in [2.24, 2.45) is 5.10 Å². The van der Waals surface area contributed by atoms with E-state index in [2.05, 4.69) is 10.5 Å². The Hall–Kier alpha value is -1.85. The Kier molecular flexibility index (Phi) is 6.62. The van der Waals surface area contributed by atoms with Crippen LogP contribution in [0.3, 0.4) is 0 Å². The van der Waals surface area contributed by atoms with E-state index in [-0.39, 0.29) is 17.5 Å². The summed E-state index contributed by atoms with van der Waals surface area (Å²) in [6.45, 7) is 1.75. The molecule has 0 fully saturated rings. The molecule has 0 spiro atoms. The number of rotatable bonds is 6. The molecule has 0 aliphatic heterocycles. The van der Waals surface area contributed by atoms with Crippen LogP contribution >= 0.6 is 23.4 Å². The minimum Gasteiger partial charge on any atom is -0.272 e. The first-order valence-electron chi connectivity index (χ1n) is 6.96. The van der Waals surface area contributed by atoms with E-state index < -0.39 is 0 Å². The van der Waals surface area contributed by atoms with Gasteiger partial charge < -0.3 is 0 Å². The Morgan fingerprint density at radius 1 is 1.22 bits per heavy atom. The molecule has 1 amide bonds. The van der Waals surface area contributed by atoms with Crippen LogP contribution in [0.2, 0.25) is 5.02 Å². The maximum absolute atomic E-state index is 12.9. The van der Waals surface area contributed by atoms with Gasteiger partial charge in [-0.25, -0.2) is 9.82 Å². The van der Waals surface area contributed by atoms with E-state index >= 15 is 0 Å². The Labute approximate surface area is 143 Å². The first kappa shape index (κ1) is 17.5. The molecule has 6 heteroatoms. The van der Waals surface area contributed by atoms with Gasteiger partial charge in [-0.1, -0.05) is 41.9 Å². The van der Waals surface area contributed by atoms with Crippen LogP contribution in [0.4, 0.5) is 4.39 Å². The lowest BCUT2D eigenvalue weighted by atomic mass is 10.1. The molecule has 120 valence electrons. The first-order chi connectivity index (χ1) is 11.1. The molecule has 0 bridgehead atoms. The van der Waals surface area contributed by atoms with Crippen LogP contribution in [0, 0.1) is 5.82 Å². The van der Waals surface area contributed by atoms with Crippen LogP contribution in [-0.4, -0.2) is 17.4 Å². The van der Waals surface area contributed by atoms with Crippen LogP contribution in [0.5, 0.6) is 0 Å². The topological polar surface area (TPSA) is 41.5 Å². The lowest BCUT2D eigenvalue weighted by Gasteiger charge is -2.04. The van der Waals surface area contributed by atoms with Gasteiger partial charge in [-0.2, -0.15) is 5.10 Å². The molecule has 0 radical (unpaired) electrons. The molecule has 2 rings (SSSR count). The SMILES string of the molecule is C/C(=N\NC(=O)CSCc1ccccc1Cl)c1ccc(F)cc1. The van der Waals surface area contributed by atoms with Crippen molar-refractivity contribution in [3.05, 3.63) is 70.5 Å². The minimum absolute atomic E-state index is 0.191. The number of amides is 1. The average molecular weight is 351 g/mol. The number of hydrazone groups is 1. The molecule has 0 unspecified atom stereocenters. The fourth-order valence-corrected chi connectivity index (χ4v) is 2.91. The Balaban J connectivity index is 1.79. The van der Waals surface area contributed by atoms with Gasteiger partial charge in [0.05, 0.1) is 11.5 Å². The molecule has 0 saturated carbocycles. The molecular formula is C17H16ClFN2OS. The molecule has 0 saturated heterocycles. The van der Waals surface area contributed by atoms with E-state index in [1.807, 2.05) is 24.3 Å². The predicted molar refractivity (Wildman–Crippen MR) is 94.4 cm³/mol. The third kappa shape index (κ3) is 5.69. The number of nitrogens with one attached hydrogen (secondary N) is 1. The van der Waals surface area contributed by atoms with Crippen LogP contribution < -0.4 is 5.43 Å². The Bertz CT molecular complexity index is 704. The molecule has 2 aromatic rings. The van der Waals surface area contributed by atoms with Crippen molar-refractivity contribution >= 4 is 35.0 Å². The van der Waals surface area contributed by atoms with Crippen LogP contribution in [0.1, 0.15) is 18.1 Å². The van der Waals surface area contributed by atoms with Gasteiger partial charge >= 0.3 is 0 Å². The van der Waals surface area contributed by atoms with Crippen LogP contribution in [0.25, 0.3) is 0 Å². The number of halogens is 2. The maximum atomic E-state index is 12.9. The minimum atomic E-state index is -0.304. The summed E-state index contributed by atoms with van der Waals surface area (Å²) >= 11 is 7.52. The lowest BCUT2D eigenvalue weighted by molar-refractivity contribution is -0.118. The van der Waals surface area contributed by atoms with Crippen molar-refractivity contribution in [1.29, 1.82) is 0 Å². The number of carbonyl (C=O) groups is 1. The molecule has 3 nitrogen and oxygen atoms in total.